The van der Waals surface area contributed by atoms with Crippen LogP contribution in [-0.2, 0) is 9.47 Å². The van der Waals surface area contributed by atoms with Gasteiger partial charge >= 0.3 is 169 Å². The van der Waals surface area contributed by atoms with Crippen LogP contribution in [-0.4, -0.2) is 47.6 Å². The molecule has 0 aliphatic heterocycles. The molecule has 158 valence electrons. The second kappa shape index (κ2) is 17.8. The van der Waals surface area contributed by atoms with Crippen molar-refractivity contribution in [2.24, 2.45) is 0 Å². The molecule has 0 fully saturated rings. The van der Waals surface area contributed by atoms with E-state index in [1.807, 2.05) is 0 Å². The zero-order valence-corrected chi connectivity index (χ0v) is 21.4. The summed E-state index contributed by atoms with van der Waals surface area (Å²) in [7, 11) is 1.69. The van der Waals surface area contributed by atoms with Crippen molar-refractivity contribution in [1.29, 1.82) is 0 Å². The monoisotopic (exact) mass is 480 g/mol. The van der Waals surface area contributed by atoms with Gasteiger partial charge in [-0.3, -0.25) is 0 Å². The first-order chi connectivity index (χ1) is 12.6. The Morgan fingerprint density at radius 1 is 0.769 bits per heavy atom. The Morgan fingerprint density at radius 2 is 1.27 bits per heavy atom. The van der Waals surface area contributed by atoms with Crippen molar-refractivity contribution in [3.8, 4) is 0 Å². The number of unbranched alkanes of at least 4 members (excludes halogenated alkanes) is 5. The molecule has 2 atom stereocenters. The summed E-state index contributed by atoms with van der Waals surface area (Å²) in [5, 5.41) is 11.4. The van der Waals surface area contributed by atoms with Crippen LogP contribution in [0.25, 0.3) is 0 Å². The van der Waals surface area contributed by atoms with Crippen LogP contribution in [0.15, 0.2) is 0 Å². The molecule has 1 N–H and O–H groups in total. The average molecular weight is 479 g/mol. The molecule has 0 amide bonds. The van der Waals surface area contributed by atoms with Crippen molar-refractivity contribution in [1.82, 2.24) is 0 Å². The van der Waals surface area contributed by atoms with Crippen LogP contribution in [0.4, 0.5) is 0 Å². The van der Waals surface area contributed by atoms with Crippen molar-refractivity contribution in [3.63, 3.8) is 0 Å². The Morgan fingerprint density at radius 3 is 1.69 bits per heavy atom. The summed E-state index contributed by atoms with van der Waals surface area (Å²) in [6.07, 6.45) is 13.4. The van der Waals surface area contributed by atoms with Crippen molar-refractivity contribution < 1.29 is 14.6 Å². The number of hydrogen-bond donors (Lipinski definition) is 1. The van der Waals surface area contributed by atoms with Gasteiger partial charge in [0.2, 0.25) is 0 Å². The Balaban J connectivity index is 5.09. The molecule has 0 saturated carbocycles. The standard InChI is InChI=1S/C10H21O3.3C4H9.Sn/c1-3-4-5-6-10(7-8-11)13-9-12-2;3*1-3-4-2;/h8,10-11H,3-7,9H2,1-2H3;3*1,3-4H2,2H3;. The summed E-state index contributed by atoms with van der Waals surface area (Å²) in [6.45, 7) is 9.46. The maximum absolute atomic E-state index is 11.4. The van der Waals surface area contributed by atoms with Gasteiger partial charge in [0.05, 0.1) is 0 Å². The molecular weight excluding hydrogens is 431 g/mol. The molecule has 0 aromatic rings. The topological polar surface area (TPSA) is 38.7 Å². The van der Waals surface area contributed by atoms with E-state index in [-0.39, 0.29) is 10.2 Å². The molecule has 0 saturated heterocycles. The molecule has 0 bridgehead atoms. The third-order valence-electron chi connectivity index (χ3n) is 5.83. The van der Waals surface area contributed by atoms with Crippen LogP contribution in [0.3, 0.4) is 0 Å². The number of aliphatic hydroxyl groups is 1. The van der Waals surface area contributed by atoms with E-state index in [2.05, 4.69) is 27.7 Å². The van der Waals surface area contributed by atoms with Gasteiger partial charge in [-0.2, -0.15) is 0 Å². The molecule has 0 aromatic heterocycles. The summed E-state index contributed by atoms with van der Waals surface area (Å²) in [6, 6.07) is 0. The van der Waals surface area contributed by atoms with E-state index < -0.39 is 18.4 Å². The maximum atomic E-state index is 11.4. The molecule has 4 heteroatoms. The van der Waals surface area contributed by atoms with Crippen LogP contribution >= 0.6 is 0 Å². The van der Waals surface area contributed by atoms with Crippen LogP contribution in [0.1, 0.15) is 98.3 Å². The molecular formula is C22H48O3Sn. The first-order valence-corrected chi connectivity index (χ1v) is 19.1. The molecule has 3 nitrogen and oxygen atoms in total. The summed E-state index contributed by atoms with van der Waals surface area (Å²) in [4.78, 5) is 0. The quantitative estimate of drug-likeness (QED) is 0.127. The van der Waals surface area contributed by atoms with Crippen LogP contribution < -0.4 is 0 Å². The van der Waals surface area contributed by atoms with Gasteiger partial charge in [0.25, 0.3) is 0 Å². The van der Waals surface area contributed by atoms with E-state index in [0.717, 1.165) is 12.8 Å². The van der Waals surface area contributed by atoms with Crippen LogP contribution in [0, 0.1) is 0 Å². The Labute approximate surface area is 168 Å². The number of methoxy groups -OCH3 is 1. The first-order valence-electron chi connectivity index (χ1n) is 11.4. The minimum atomic E-state index is -2.57. The van der Waals surface area contributed by atoms with Crippen LogP contribution in [0.5, 0.6) is 0 Å². The van der Waals surface area contributed by atoms with Gasteiger partial charge in [-0.25, -0.2) is 0 Å². The summed E-state index contributed by atoms with van der Waals surface area (Å²) < 4.78 is 15.1. The predicted octanol–water partition coefficient (Wildman–Crippen LogP) is 6.70. The number of ether oxygens (including phenoxy) is 2. The normalized spacial score (nSPS) is 14.5. The number of rotatable bonds is 19. The predicted molar refractivity (Wildman–Crippen MR) is 116 cm³/mol. The molecule has 0 heterocycles. The minimum absolute atomic E-state index is 0.0579. The Kier molecular flexibility index (Phi) is 18.2. The van der Waals surface area contributed by atoms with Gasteiger partial charge in [0.15, 0.2) is 0 Å². The SMILES string of the molecule is CCCCCC(C[CH](O)[Sn]([CH2]CCC)([CH2]CCC)[CH2]CCC)OCOC. The zero-order valence-electron chi connectivity index (χ0n) is 18.5. The molecule has 0 radical (unpaired) electrons. The average Bonchev–Trinajstić information content (AvgIpc) is 2.65. The van der Waals surface area contributed by atoms with E-state index in [1.165, 1.54) is 71.1 Å². The van der Waals surface area contributed by atoms with E-state index >= 15 is 0 Å². The zero-order chi connectivity index (χ0) is 19.7. The molecule has 2 unspecified atom stereocenters. The molecule has 0 aliphatic rings. The molecule has 0 aromatic carbocycles. The summed E-state index contributed by atoms with van der Waals surface area (Å²) in [5.74, 6) is 0. The molecule has 0 aliphatic carbocycles. The van der Waals surface area contributed by atoms with Crippen molar-refractivity contribution >= 4 is 18.4 Å². The second-order valence-corrected chi connectivity index (χ2v) is 22.1. The molecule has 0 spiro atoms. The Hall–Kier alpha value is 0.679. The fourth-order valence-corrected chi connectivity index (χ4v) is 20.2. The van der Waals surface area contributed by atoms with Gasteiger partial charge in [0, 0.05) is 0 Å². The van der Waals surface area contributed by atoms with Crippen molar-refractivity contribution in [3.05, 3.63) is 0 Å². The molecule has 26 heavy (non-hydrogen) atoms. The number of aliphatic hydroxyl groups excluding tert-OH is 1. The van der Waals surface area contributed by atoms with Crippen molar-refractivity contribution in [2.75, 3.05) is 13.9 Å². The third kappa shape index (κ3) is 11.5. The van der Waals surface area contributed by atoms with Gasteiger partial charge in [-0.1, -0.05) is 0 Å². The van der Waals surface area contributed by atoms with Gasteiger partial charge in [-0.05, 0) is 0 Å². The van der Waals surface area contributed by atoms with Crippen molar-refractivity contribution in [2.45, 2.75) is 122 Å². The molecule has 0 rings (SSSR count). The number of hydrogen-bond acceptors (Lipinski definition) is 3. The fourth-order valence-electron chi connectivity index (χ4n) is 4.02. The van der Waals surface area contributed by atoms with E-state index in [1.54, 1.807) is 7.11 Å². The van der Waals surface area contributed by atoms with Crippen LogP contribution in [0.2, 0.25) is 13.3 Å². The van der Waals surface area contributed by atoms with E-state index in [0.29, 0.717) is 6.79 Å². The fraction of sp³-hybridized carbons (Fsp3) is 1.00. The van der Waals surface area contributed by atoms with Gasteiger partial charge < -0.3 is 0 Å². The first kappa shape index (κ1) is 26.7. The summed E-state index contributed by atoms with van der Waals surface area (Å²) >= 11 is -2.57. The van der Waals surface area contributed by atoms with Gasteiger partial charge in [0.1, 0.15) is 0 Å². The second-order valence-electron chi connectivity index (χ2n) is 8.12. The Bertz CT molecular complexity index is 277. The third-order valence-corrected chi connectivity index (χ3v) is 22.1. The van der Waals surface area contributed by atoms with E-state index in [9.17, 15) is 5.11 Å². The van der Waals surface area contributed by atoms with E-state index in [4.69, 9.17) is 9.47 Å². The van der Waals surface area contributed by atoms with Gasteiger partial charge in [-0.15, -0.1) is 0 Å². The summed E-state index contributed by atoms with van der Waals surface area (Å²) in [5.41, 5.74) is 0.